The third-order valence-electron chi connectivity index (χ3n) is 2.19. The molecule has 13 heavy (non-hydrogen) atoms. The molecule has 2 heterocycles. The lowest BCUT2D eigenvalue weighted by Gasteiger charge is -2.18. The predicted octanol–water partition coefficient (Wildman–Crippen LogP) is -0.923. The second-order valence-electron chi connectivity index (χ2n) is 3.02. The van der Waals surface area contributed by atoms with E-state index in [2.05, 4.69) is 0 Å². The molecule has 0 saturated carbocycles. The van der Waals surface area contributed by atoms with Crippen LogP contribution in [-0.4, -0.2) is 15.7 Å². The Balaban J connectivity index is 2.75. The number of hydrogen-bond acceptors (Lipinski definition) is 3. The molecule has 0 N–H and O–H groups in total. The fourth-order valence-corrected chi connectivity index (χ4v) is 1.41. The molecule has 1 aromatic heterocycles. The van der Waals surface area contributed by atoms with Crippen molar-refractivity contribution in [2.24, 2.45) is 7.05 Å². The Bertz CT molecular complexity index is 444. The lowest BCUT2D eigenvalue weighted by Crippen LogP contribution is -2.41. The minimum absolute atomic E-state index is 0.259. The zero-order chi connectivity index (χ0) is 9.42. The van der Waals surface area contributed by atoms with Gasteiger partial charge in [-0.2, -0.15) is 0 Å². The maximum absolute atomic E-state index is 11.5. The Morgan fingerprint density at radius 3 is 3.00 bits per heavy atom. The van der Waals surface area contributed by atoms with Crippen molar-refractivity contribution in [2.75, 3.05) is 6.61 Å². The minimum atomic E-state index is -0.276. The monoisotopic (exact) mass is 182 g/mol. The van der Waals surface area contributed by atoms with Gasteiger partial charge in [-0.05, 0) is 0 Å². The van der Waals surface area contributed by atoms with Crippen LogP contribution in [-0.2, 0) is 24.9 Å². The van der Waals surface area contributed by atoms with Crippen molar-refractivity contribution >= 4 is 0 Å². The molecule has 1 aliphatic rings. The van der Waals surface area contributed by atoms with Crippen LogP contribution in [0.1, 0.15) is 5.69 Å². The summed E-state index contributed by atoms with van der Waals surface area (Å²) in [5.74, 6) is 0. The van der Waals surface area contributed by atoms with Crippen LogP contribution in [0.4, 0.5) is 0 Å². The molecule has 0 radical (unpaired) electrons. The molecule has 70 valence electrons. The van der Waals surface area contributed by atoms with E-state index in [0.29, 0.717) is 25.5 Å². The van der Waals surface area contributed by atoms with Gasteiger partial charge in [0.2, 0.25) is 0 Å². The fourth-order valence-electron chi connectivity index (χ4n) is 1.41. The van der Waals surface area contributed by atoms with Crippen LogP contribution in [0.2, 0.25) is 0 Å². The first-order valence-electron chi connectivity index (χ1n) is 4.07. The van der Waals surface area contributed by atoms with E-state index in [0.717, 1.165) is 4.57 Å². The zero-order valence-electron chi connectivity index (χ0n) is 7.32. The van der Waals surface area contributed by atoms with Crippen LogP contribution in [0.15, 0.2) is 15.7 Å². The summed E-state index contributed by atoms with van der Waals surface area (Å²) >= 11 is 0. The van der Waals surface area contributed by atoms with Crippen molar-refractivity contribution < 1.29 is 4.74 Å². The van der Waals surface area contributed by atoms with Crippen LogP contribution in [0.25, 0.3) is 0 Å². The second-order valence-corrected chi connectivity index (χ2v) is 3.02. The first-order valence-corrected chi connectivity index (χ1v) is 4.07. The van der Waals surface area contributed by atoms with Gasteiger partial charge in [0.1, 0.15) is 0 Å². The SMILES string of the molecule is Cn1c(=O)cc2n(c1=O)CCOC2. The molecule has 0 bridgehead atoms. The highest BCUT2D eigenvalue weighted by molar-refractivity contribution is 5.02. The maximum atomic E-state index is 11.5. The summed E-state index contributed by atoms with van der Waals surface area (Å²) in [6, 6.07) is 1.44. The number of ether oxygens (including phenoxy) is 1. The van der Waals surface area contributed by atoms with E-state index in [9.17, 15) is 9.59 Å². The molecule has 5 nitrogen and oxygen atoms in total. The Kier molecular flexibility index (Phi) is 1.81. The highest BCUT2D eigenvalue weighted by Gasteiger charge is 2.12. The van der Waals surface area contributed by atoms with E-state index in [1.54, 1.807) is 4.57 Å². The highest BCUT2D eigenvalue weighted by atomic mass is 16.5. The van der Waals surface area contributed by atoms with Gasteiger partial charge in [0.15, 0.2) is 0 Å². The summed E-state index contributed by atoms with van der Waals surface area (Å²) in [7, 11) is 1.48. The number of hydrogen-bond donors (Lipinski definition) is 0. The Hall–Kier alpha value is -1.36. The standard InChI is InChI=1S/C8H10N2O3/c1-9-7(11)4-6-5-13-3-2-10(6)8(9)12/h4H,2-3,5H2,1H3. The Labute approximate surface area is 74.2 Å². The minimum Gasteiger partial charge on any atom is -0.373 e. The van der Waals surface area contributed by atoms with E-state index in [4.69, 9.17) is 4.74 Å². The molecule has 5 heteroatoms. The first-order chi connectivity index (χ1) is 6.20. The summed E-state index contributed by atoms with van der Waals surface area (Å²) in [5, 5.41) is 0. The average molecular weight is 182 g/mol. The summed E-state index contributed by atoms with van der Waals surface area (Å²) in [5.41, 5.74) is 0.131. The van der Waals surface area contributed by atoms with E-state index < -0.39 is 0 Å². The van der Waals surface area contributed by atoms with Crippen molar-refractivity contribution in [3.8, 4) is 0 Å². The molecule has 1 aliphatic heterocycles. The number of fused-ring (bicyclic) bond motifs is 1. The average Bonchev–Trinajstić information content (AvgIpc) is 2.15. The van der Waals surface area contributed by atoms with Crippen LogP contribution in [0.3, 0.4) is 0 Å². The van der Waals surface area contributed by atoms with Gasteiger partial charge in [-0.25, -0.2) is 4.79 Å². The molecule has 0 amide bonds. The zero-order valence-corrected chi connectivity index (χ0v) is 7.32. The largest absolute Gasteiger partial charge is 0.373 e. The number of aromatic nitrogens is 2. The van der Waals surface area contributed by atoms with Gasteiger partial charge in [0, 0.05) is 13.1 Å². The number of nitrogens with zero attached hydrogens (tertiary/aromatic N) is 2. The molecule has 0 fully saturated rings. The summed E-state index contributed by atoms with van der Waals surface area (Å²) in [6.45, 7) is 1.42. The van der Waals surface area contributed by atoms with Crippen LogP contribution < -0.4 is 11.2 Å². The van der Waals surface area contributed by atoms with Gasteiger partial charge in [-0.1, -0.05) is 0 Å². The lowest BCUT2D eigenvalue weighted by atomic mass is 10.3. The third-order valence-corrected chi connectivity index (χ3v) is 2.19. The molecule has 0 aliphatic carbocycles. The van der Waals surface area contributed by atoms with Gasteiger partial charge < -0.3 is 4.74 Å². The smallest absolute Gasteiger partial charge is 0.331 e. The van der Waals surface area contributed by atoms with Crippen LogP contribution in [0.5, 0.6) is 0 Å². The predicted molar refractivity (Wildman–Crippen MR) is 45.6 cm³/mol. The first kappa shape index (κ1) is 8.25. The topological polar surface area (TPSA) is 53.2 Å². The van der Waals surface area contributed by atoms with Gasteiger partial charge in [-0.3, -0.25) is 13.9 Å². The van der Waals surface area contributed by atoms with Crippen molar-refractivity contribution in [1.82, 2.24) is 9.13 Å². The van der Waals surface area contributed by atoms with E-state index in [1.807, 2.05) is 0 Å². The molecule has 0 aromatic carbocycles. The van der Waals surface area contributed by atoms with Gasteiger partial charge in [0.05, 0.1) is 25.5 Å². The highest BCUT2D eigenvalue weighted by Crippen LogP contribution is 2.02. The van der Waals surface area contributed by atoms with E-state index >= 15 is 0 Å². The third kappa shape index (κ3) is 1.21. The molecular weight excluding hydrogens is 172 g/mol. The molecular formula is C8H10N2O3. The maximum Gasteiger partial charge on any atom is 0.331 e. The summed E-state index contributed by atoms with van der Waals surface area (Å²) in [4.78, 5) is 22.7. The molecule has 1 aromatic rings. The normalized spacial score (nSPS) is 15.5. The molecule has 0 unspecified atom stereocenters. The molecule has 0 atom stereocenters. The van der Waals surface area contributed by atoms with E-state index in [-0.39, 0.29) is 11.2 Å². The van der Waals surface area contributed by atoms with Crippen molar-refractivity contribution in [1.29, 1.82) is 0 Å². The van der Waals surface area contributed by atoms with Crippen molar-refractivity contribution in [3.63, 3.8) is 0 Å². The Morgan fingerprint density at radius 2 is 2.23 bits per heavy atom. The van der Waals surface area contributed by atoms with Gasteiger partial charge in [0.25, 0.3) is 5.56 Å². The lowest BCUT2D eigenvalue weighted by molar-refractivity contribution is 0.0807. The van der Waals surface area contributed by atoms with Crippen LogP contribution in [0, 0.1) is 0 Å². The Morgan fingerprint density at radius 1 is 1.46 bits per heavy atom. The van der Waals surface area contributed by atoms with E-state index in [1.165, 1.54) is 13.1 Å². The molecule has 0 spiro atoms. The molecule has 2 rings (SSSR count). The fraction of sp³-hybridized carbons (Fsp3) is 0.500. The van der Waals surface area contributed by atoms with Crippen molar-refractivity contribution in [2.45, 2.75) is 13.2 Å². The number of rotatable bonds is 0. The van der Waals surface area contributed by atoms with Gasteiger partial charge in [-0.15, -0.1) is 0 Å². The van der Waals surface area contributed by atoms with Gasteiger partial charge >= 0.3 is 5.69 Å². The van der Waals surface area contributed by atoms with Crippen molar-refractivity contribution in [3.05, 3.63) is 32.6 Å². The molecule has 0 saturated heterocycles. The summed E-state index contributed by atoms with van der Waals surface area (Å²) < 4.78 is 7.82. The van der Waals surface area contributed by atoms with Crippen LogP contribution >= 0.6 is 0 Å². The quantitative estimate of drug-likeness (QED) is 0.521. The second kappa shape index (κ2) is 2.85. The summed E-state index contributed by atoms with van der Waals surface area (Å²) in [6.07, 6.45) is 0.